The molecule has 0 fully saturated rings. The van der Waals surface area contributed by atoms with Crippen LogP contribution < -0.4 is 5.56 Å². The topological polar surface area (TPSA) is 32.9 Å². The average Bonchev–Trinajstić information content (AvgIpc) is 2.19. The Morgan fingerprint density at radius 1 is 1.36 bits per heavy atom. The van der Waals surface area contributed by atoms with E-state index in [1.165, 1.54) is 0 Å². The van der Waals surface area contributed by atoms with Gasteiger partial charge in [-0.2, -0.15) is 12.6 Å². The van der Waals surface area contributed by atoms with Gasteiger partial charge in [-0.05, 0) is 36.1 Å². The Morgan fingerprint density at radius 3 is 2.86 bits per heavy atom. The van der Waals surface area contributed by atoms with Crippen molar-refractivity contribution in [2.24, 2.45) is 0 Å². The molecule has 1 heterocycles. The first-order chi connectivity index (χ1) is 6.70. The third kappa shape index (κ3) is 1.55. The highest BCUT2D eigenvalue weighted by molar-refractivity contribution is 7.79. The highest BCUT2D eigenvalue weighted by Crippen LogP contribution is 2.14. The molecule has 2 rings (SSSR count). The number of aromatic amines is 1. The SMILES string of the molecule is Cc1cc2cc(CS)ccc2[nH]c1=O. The lowest BCUT2D eigenvalue weighted by molar-refractivity contribution is 1.23. The number of H-pyrrole nitrogens is 1. The fraction of sp³-hybridized carbons (Fsp3) is 0.182. The van der Waals surface area contributed by atoms with Crippen molar-refractivity contribution >= 4 is 23.5 Å². The number of pyridine rings is 1. The summed E-state index contributed by atoms with van der Waals surface area (Å²) in [6.45, 7) is 1.81. The molecule has 2 nitrogen and oxygen atoms in total. The molecule has 0 aliphatic carbocycles. The van der Waals surface area contributed by atoms with Crippen LogP contribution in [0.2, 0.25) is 0 Å². The van der Waals surface area contributed by atoms with Crippen molar-refractivity contribution in [1.29, 1.82) is 0 Å². The molecule has 72 valence electrons. The van der Waals surface area contributed by atoms with E-state index in [0.29, 0.717) is 5.75 Å². The molecule has 2 aromatic rings. The number of aryl methyl sites for hydroxylation is 1. The zero-order valence-corrected chi connectivity index (χ0v) is 8.77. The van der Waals surface area contributed by atoms with Gasteiger partial charge in [0.15, 0.2) is 0 Å². The second-order valence-corrected chi connectivity index (χ2v) is 3.68. The number of benzene rings is 1. The summed E-state index contributed by atoms with van der Waals surface area (Å²) in [6.07, 6.45) is 0. The fourth-order valence-corrected chi connectivity index (χ4v) is 1.66. The minimum absolute atomic E-state index is 0.0175. The van der Waals surface area contributed by atoms with E-state index < -0.39 is 0 Å². The molecule has 0 radical (unpaired) electrons. The monoisotopic (exact) mass is 205 g/mol. The van der Waals surface area contributed by atoms with Crippen LogP contribution in [0, 0.1) is 6.92 Å². The van der Waals surface area contributed by atoms with Crippen molar-refractivity contribution in [3.05, 3.63) is 45.7 Å². The molecule has 0 bridgehead atoms. The Bertz CT molecular complexity index is 530. The first kappa shape index (κ1) is 9.34. The molecule has 0 atom stereocenters. The predicted molar refractivity (Wildman–Crippen MR) is 62.0 cm³/mol. The van der Waals surface area contributed by atoms with Crippen LogP contribution in [-0.4, -0.2) is 4.98 Å². The van der Waals surface area contributed by atoms with E-state index in [4.69, 9.17) is 0 Å². The number of hydrogen-bond donors (Lipinski definition) is 2. The molecule has 3 heteroatoms. The zero-order chi connectivity index (χ0) is 10.1. The number of fused-ring (bicyclic) bond motifs is 1. The maximum atomic E-state index is 11.3. The molecule has 0 saturated heterocycles. The minimum Gasteiger partial charge on any atom is -0.322 e. The Hall–Kier alpha value is -1.22. The van der Waals surface area contributed by atoms with Gasteiger partial charge in [-0.25, -0.2) is 0 Å². The van der Waals surface area contributed by atoms with Crippen molar-refractivity contribution in [3.63, 3.8) is 0 Å². The Morgan fingerprint density at radius 2 is 2.14 bits per heavy atom. The Kier molecular flexibility index (Phi) is 2.33. The van der Waals surface area contributed by atoms with Crippen molar-refractivity contribution < 1.29 is 0 Å². The van der Waals surface area contributed by atoms with E-state index in [0.717, 1.165) is 22.0 Å². The predicted octanol–water partition coefficient (Wildman–Crippen LogP) is 2.27. The molecule has 0 aliphatic heterocycles. The molecule has 1 N–H and O–H groups in total. The lowest BCUT2D eigenvalue weighted by Crippen LogP contribution is -2.08. The van der Waals surface area contributed by atoms with Crippen LogP contribution in [0.4, 0.5) is 0 Å². The van der Waals surface area contributed by atoms with Crippen molar-refractivity contribution in [2.75, 3.05) is 0 Å². The summed E-state index contributed by atoms with van der Waals surface area (Å²) in [4.78, 5) is 14.1. The first-order valence-electron chi connectivity index (χ1n) is 4.44. The second-order valence-electron chi connectivity index (χ2n) is 3.36. The van der Waals surface area contributed by atoms with Crippen LogP contribution in [0.1, 0.15) is 11.1 Å². The standard InChI is InChI=1S/C11H11NOS/c1-7-4-9-5-8(6-14)2-3-10(9)12-11(7)13/h2-5,14H,6H2,1H3,(H,12,13). The summed E-state index contributed by atoms with van der Waals surface area (Å²) < 4.78 is 0. The van der Waals surface area contributed by atoms with E-state index in [2.05, 4.69) is 17.6 Å². The Labute approximate surface area is 87.4 Å². The number of thiol groups is 1. The summed E-state index contributed by atoms with van der Waals surface area (Å²) in [6, 6.07) is 7.84. The summed E-state index contributed by atoms with van der Waals surface area (Å²) >= 11 is 4.21. The van der Waals surface area contributed by atoms with E-state index in [1.807, 2.05) is 31.2 Å². The lowest BCUT2D eigenvalue weighted by atomic mass is 10.1. The molecule has 0 saturated carbocycles. The van der Waals surface area contributed by atoms with Crippen LogP contribution in [-0.2, 0) is 5.75 Å². The van der Waals surface area contributed by atoms with E-state index >= 15 is 0 Å². The van der Waals surface area contributed by atoms with E-state index in [9.17, 15) is 4.79 Å². The van der Waals surface area contributed by atoms with Gasteiger partial charge >= 0.3 is 0 Å². The third-order valence-corrected chi connectivity index (χ3v) is 2.64. The number of hydrogen-bond acceptors (Lipinski definition) is 2. The van der Waals surface area contributed by atoms with E-state index in [-0.39, 0.29) is 5.56 Å². The first-order valence-corrected chi connectivity index (χ1v) is 5.07. The number of nitrogens with one attached hydrogen (secondary N) is 1. The van der Waals surface area contributed by atoms with E-state index in [1.54, 1.807) is 0 Å². The van der Waals surface area contributed by atoms with Gasteiger partial charge in [0.25, 0.3) is 5.56 Å². The van der Waals surface area contributed by atoms with Gasteiger partial charge in [0.05, 0.1) is 0 Å². The number of aromatic nitrogens is 1. The molecular formula is C11H11NOS. The average molecular weight is 205 g/mol. The fourth-order valence-electron chi connectivity index (χ4n) is 1.46. The van der Waals surface area contributed by atoms with Gasteiger partial charge in [-0.3, -0.25) is 4.79 Å². The largest absolute Gasteiger partial charge is 0.322 e. The van der Waals surface area contributed by atoms with Crippen molar-refractivity contribution in [3.8, 4) is 0 Å². The molecule has 0 spiro atoms. The normalized spacial score (nSPS) is 10.7. The van der Waals surface area contributed by atoms with Gasteiger partial charge < -0.3 is 4.98 Å². The summed E-state index contributed by atoms with van der Waals surface area (Å²) in [5, 5.41) is 1.06. The van der Waals surface area contributed by atoms with Crippen molar-refractivity contribution in [2.45, 2.75) is 12.7 Å². The number of rotatable bonds is 1. The van der Waals surface area contributed by atoms with Crippen LogP contribution >= 0.6 is 12.6 Å². The Balaban J connectivity index is 2.77. The minimum atomic E-state index is -0.0175. The second kappa shape index (κ2) is 3.50. The van der Waals surface area contributed by atoms with Crippen LogP contribution in [0.15, 0.2) is 29.1 Å². The van der Waals surface area contributed by atoms with Crippen LogP contribution in [0.25, 0.3) is 10.9 Å². The highest BCUT2D eigenvalue weighted by Gasteiger charge is 1.99. The van der Waals surface area contributed by atoms with Gasteiger partial charge in [0.2, 0.25) is 0 Å². The molecule has 0 unspecified atom stereocenters. The van der Waals surface area contributed by atoms with Crippen molar-refractivity contribution in [1.82, 2.24) is 4.98 Å². The molecule has 1 aromatic carbocycles. The lowest BCUT2D eigenvalue weighted by Gasteiger charge is -2.01. The summed E-state index contributed by atoms with van der Waals surface area (Å²) in [5.41, 5.74) is 2.77. The molecule has 0 aliphatic rings. The summed E-state index contributed by atoms with van der Waals surface area (Å²) in [5.74, 6) is 0.716. The third-order valence-electron chi connectivity index (χ3n) is 2.28. The summed E-state index contributed by atoms with van der Waals surface area (Å²) in [7, 11) is 0. The molecule has 0 amide bonds. The van der Waals surface area contributed by atoms with Gasteiger partial charge in [0, 0.05) is 16.8 Å². The van der Waals surface area contributed by atoms with Gasteiger partial charge in [-0.15, -0.1) is 0 Å². The molecule has 1 aromatic heterocycles. The maximum Gasteiger partial charge on any atom is 0.251 e. The smallest absolute Gasteiger partial charge is 0.251 e. The quantitative estimate of drug-likeness (QED) is 0.688. The van der Waals surface area contributed by atoms with Crippen LogP contribution in [0.3, 0.4) is 0 Å². The van der Waals surface area contributed by atoms with Gasteiger partial charge in [0.1, 0.15) is 0 Å². The maximum absolute atomic E-state index is 11.3. The zero-order valence-electron chi connectivity index (χ0n) is 7.87. The molecular weight excluding hydrogens is 194 g/mol. The van der Waals surface area contributed by atoms with Gasteiger partial charge in [-0.1, -0.05) is 6.07 Å². The molecule has 14 heavy (non-hydrogen) atoms. The van der Waals surface area contributed by atoms with Crippen LogP contribution in [0.5, 0.6) is 0 Å². The highest BCUT2D eigenvalue weighted by atomic mass is 32.1.